The Kier molecular flexibility index (Phi) is 2.66. The predicted octanol–water partition coefficient (Wildman–Crippen LogP) is 2.03. The van der Waals surface area contributed by atoms with Crippen molar-refractivity contribution in [2.75, 3.05) is 5.32 Å². The number of rotatable bonds is 1. The number of para-hydroxylation sites is 1. The summed E-state index contributed by atoms with van der Waals surface area (Å²) in [5, 5.41) is 20.9. The largest absolute Gasteiger partial charge is 0.484 e. The third-order valence-electron chi connectivity index (χ3n) is 2.64. The Morgan fingerprint density at radius 1 is 1.44 bits per heavy atom. The van der Waals surface area contributed by atoms with Crippen LogP contribution in [0.5, 0.6) is 5.75 Å². The lowest BCUT2D eigenvalue weighted by molar-refractivity contribution is 0.179. The summed E-state index contributed by atoms with van der Waals surface area (Å²) in [6, 6.07) is 9.63. The molecule has 0 saturated heterocycles. The van der Waals surface area contributed by atoms with Crippen molar-refractivity contribution in [1.29, 1.82) is 10.5 Å². The number of anilines is 1. The molecule has 0 aliphatic carbocycles. The van der Waals surface area contributed by atoms with Crippen molar-refractivity contribution in [2.45, 2.75) is 25.5 Å². The van der Waals surface area contributed by atoms with Gasteiger partial charge < -0.3 is 10.1 Å². The summed E-state index contributed by atoms with van der Waals surface area (Å²) < 4.78 is 5.70. The molecule has 0 aromatic heterocycles. The molecule has 2 atom stereocenters. The number of hydrogen-bond acceptors (Lipinski definition) is 4. The first-order chi connectivity index (χ1) is 7.76. The second kappa shape index (κ2) is 4.12. The van der Waals surface area contributed by atoms with E-state index in [-0.39, 0.29) is 12.1 Å². The molecular formula is C12H11N3O. The minimum atomic E-state index is -0.202. The molecule has 1 heterocycles. The van der Waals surface area contributed by atoms with E-state index in [1.165, 1.54) is 0 Å². The van der Waals surface area contributed by atoms with E-state index in [0.29, 0.717) is 17.7 Å². The van der Waals surface area contributed by atoms with E-state index in [9.17, 15) is 0 Å². The summed E-state index contributed by atoms with van der Waals surface area (Å²) in [6.07, 6.45) is 0.111. The normalized spacial score (nSPS) is 21.9. The minimum absolute atomic E-state index is 0.0705. The maximum Gasteiger partial charge on any atom is 0.160 e. The van der Waals surface area contributed by atoms with Gasteiger partial charge >= 0.3 is 0 Å². The van der Waals surface area contributed by atoms with Crippen molar-refractivity contribution >= 4 is 5.69 Å². The van der Waals surface area contributed by atoms with Crippen molar-refractivity contribution in [3.63, 3.8) is 0 Å². The molecule has 0 amide bonds. The molecule has 4 heteroatoms. The Hall–Kier alpha value is -2.20. The lowest BCUT2D eigenvalue weighted by atomic mass is 10.1. The third-order valence-corrected chi connectivity index (χ3v) is 2.64. The summed E-state index contributed by atoms with van der Waals surface area (Å²) in [5.41, 5.74) is 1.32. The van der Waals surface area contributed by atoms with Crippen LogP contribution in [-0.4, -0.2) is 12.1 Å². The maximum atomic E-state index is 8.95. The smallest absolute Gasteiger partial charge is 0.160 e. The quantitative estimate of drug-likeness (QED) is 0.775. The monoisotopic (exact) mass is 213 g/mol. The Morgan fingerprint density at radius 3 is 2.94 bits per heavy atom. The lowest BCUT2D eigenvalue weighted by Crippen LogP contribution is -2.39. The van der Waals surface area contributed by atoms with Crippen LogP contribution in [0.1, 0.15) is 18.9 Å². The third kappa shape index (κ3) is 1.66. The molecule has 1 aliphatic heterocycles. The fourth-order valence-electron chi connectivity index (χ4n) is 1.77. The molecule has 1 aromatic rings. The van der Waals surface area contributed by atoms with Crippen molar-refractivity contribution in [3.8, 4) is 17.9 Å². The molecule has 1 N–H and O–H groups in total. The number of hydrogen-bond donors (Lipinski definition) is 1. The zero-order valence-electron chi connectivity index (χ0n) is 8.90. The number of fused-ring (bicyclic) bond motifs is 1. The summed E-state index contributed by atoms with van der Waals surface area (Å²) in [6.45, 7) is 1.96. The number of ether oxygens (including phenoxy) is 1. The Bertz CT molecular complexity index is 484. The zero-order chi connectivity index (χ0) is 11.5. The van der Waals surface area contributed by atoms with Crippen LogP contribution in [0.3, 0.4) is 0 Å². The maximum absolute atomic E-state index is 8.95. The van der Waals surface area contributed by atoms with Gasteiger partial charge in [-0.3, -0.25) is 0 Å². The predicted molar refractivity (Wildman–Crippen MR) is 58.9 cm³/mol. The highest BCUT2D eigenvalue weighted by Gasteiger charge is 2.27. The van der Waals surface area contributed by atoms with Crippen LogP contribution in [0.25, 0.3) is 0 Å². The van der Waals surface area contributed by atoms with Crippen LogP contribution >= 0.6 is 0 Å². The van der Waals surface area contributed by atoms with Crippen LogP contribution in [0.2, 0.25) is 0 Å². The molecule has 2 rings (SSSR count). The van der Waals surface area contributed by atoms with Gasteiger partial charge in [0.1, 0.15) is 12.2 Å². The average molecular weight is 213 g/mol. The van der Waals surface area contributed by atoms with Crippen LogP contribution in [0.4, 0.5) is 5.69 Å². The van der Waals surface area contributed by atoms with Crippen LogP contribution < -0.4 is 10.1 Å². The molecule has 80 valence electrons. The Balaban J connectivity index is 2.37. The van der Waals surface area contributed by atoms with Gasteiger partial charge in [0.05, 0.1) is 29.8 Å². The molecular weight excluding hydrogens is 202 g/mol. The van der Waals surface area contributed by atoms with Gasteiger partial charge in [-0.1, -0.05) is 6.07 Å². The Morgan fingerprint density at radius 2 is 2.25 bits per heavy atom. The number of nitriles is 2. The van der Waals surface area contributed by atoms with Gasteiger partial charge in [0.2, 0.25) is 0 Å². The molecule has 1 aliphatic rings. The highest BCUT2D eigenvalue weighted by molar-refractivity contribution is 5.65. The van der Waals surface area contributed by atoms with Crippen molar-refractivity contribution in [2.24, 2.45) is 0 Å². The molecule has 16 heavy (non-hydrogen) atoms. The standard InChI is InChI=1S/C12H11N3O/c1-8-11(5-6-13)16-12-9(7-14)3-2-4-10(12)15-8/h2-4,8,11,15H,5H2,1H3. The fourth-order valence-corrected chi connectivity index (χ4v) is 1.77. The van der Waals surface area contributed by atoms with E-state index < -0.39 is 0 Å². The minimum Gasteiger partial charge on any atom is -0.484 e. The molecule has 2 unspecified atom stereocenters. The van der Waals surface area contributed by atoms with E-state index in [2.05, 4.69) is 17.5 Å². The van der Waals surface area contributed by atoms with Gasteiger partial charge in [-0.2, -0.15) is 10.5 Å². The Labute approximate surface area is 94.1 Å². The molecule has 0 spiro atoms. The molecule has 0 saturated carbocycles. The van der Waals surface area contributed by atoms with E-state index in [1.807, 2.05) is 19.1 Å². The zero-order valence-corrected chi connectivity index (χ0v) is 8.90. The van der Waals surface area contributed by atoms with Crippen LogP contribution in [0.15, 0.2) is 18.2 Å². The van der Waals surface area contributed by atoms with Crippen LogP contribution in [-0.2, 0) is 0 Å². The van der Waals surface area contributed by atoms with Crippen molar-refractivity contribution in [3.05, 3.63) is 23.8 Å². The first kappa shape index (κ1) is 10.3. The summed E-state index contributed by atoms with van der Waals surface area (Å²) >= 11 is 0. The number of benzene rings is 1. The summed E-state index contributed by atoms with van der Waals surface area (Å²) in [4.78, 5) is 0. The number of nitrogens with zero attached hydrogens (tertiary/aromatic N) is 2. The van der Waals surface area contributed by atoms with E-state index >= 15 is 0 Å². The fraction of sp³-hybridized carbons (Fsp3) is 0.333. The van der Waals surface area contributed by atoms with E-state index in [0.717, 1.165) is 5.69 Å². The first-order valence-electron chi connectivity index (χ1n) is 5.09. The van der Waals surface area contributed by atoms with Crippen molar-refractivity contribution in [1.82, 2.24) is 0 Å². The van der Waals surface area contributed by atoms with Gasteiger partial charge in [0, 0.05) is 0 Å². The highest BCUT2D eigenvalue weighted by Crippen LogP contribution is 2.34. The molecule has 1 aromatic carbocycles. The molecule has 0 fully saturated rings. The van der Waals surface area contributed by atoms with Crippen molar-refractivity contribution < 1.29 is 4.74 Å². The second-order valence-corrected chi connectivity index (χ2v) is 3.75. The topological polar surface area (TPSA) is 68.8 Å². The first-order valence-corrected chi connectivity index (χ1v) is 5.09. The lowest BCUT2D eigenvalue weighted by Gasteiger charge is -2.32. The van der Waals surface area contributed by atoms with Gasteiger partial charge in [-0.15, -0.1) is 0 Å². The van der Waals surface area contributed by atoms with Gasteiger partial charge in [-0.05, 0) is 19.1 Å². The van der Waals surface area contributed by atoms with E-state index in [4.69, 9.17) is 15.3 Å². The summed E-state index contributed by atoms with van der Waals surface area (Å²) in [5.74, 6) is 0.559. The molecule has 0 radical (unpaired) electrons. The van der Waals surface area contributed by atoms with Gasteiger partial charge in [0.25, 0.3) is 0 Å². The second-order valence-electron chi connectivity index (χ2n) is 3.75. The molecule has 4 nitrogen and oxygen atoms in total. The summed E-state index contributed by atoms with van der Waals surface area (Å²) in [7, 11) is 0. The average Bonchev–Trinajstić information content (AvgIpc) is 2.29. The SMILES string of the molecule is CC1Nc2cccc(C#N)c2OC1CC#N. The molecule has 0 bridgehead atoms. The van der Waals surface area contributed by atoms with E-state index in [1.54, 1.807) is 6.07 Å². The van der Waals surface area contributed by atoms with Gasteiger partial charge in [0.15, 0.2) is 5.75 Å². The number of nitrogens with one attached hydrogen (secondary N) is 1. The highest BCUT2D eigenvalue weighted by atomic mass is 16.5. The van der Waals surface area contributed by atoms with Gasteiger partial charge in [-0.25, -0.2) is 0 Å². The van der Waals surface area contributed by atoms with Crippen LogP contribution in [0, 0.1) is 22.7 Å².